The largest absolute Gasteiger partial charge is 0.372 e. The Morgan fingerprint density at radius 3 is 2.85 bits per heavy atom. The van der Waals surface area contributed by atoms with Crippen LogP contribution < -0.4 is 10.6 Å². The molecule has 0 spiro atoms. The molecule has 0 radical (unpaired) electrons. The summed E-state index contributed by atoms with van der Waals surface area (Å²) in [6, 6.07) is 1.16. The van der Waals surface area contributed by atoms with Gasteiger partial charge >= 0.3 is 0 Å². The number of amides is 1. The number of carbonyl (C=O) groups is 1. The highest BCUT2D eigenvalue weighted by atomic mass is 35.5. The van der Waals surface area contributed by atoms with E-state index in [2.05, 4.69) is 15.6 Å². The first kappa shape index (κ1) is 15.1. The Labute approximate surface area is 122 Å². The lowest BCUT2D eigenvalue weighted by Crippen LogP contribution is -2.43. The van der Waals surface area contributed by atoms with Gasteiger partial charge in [-0.15, -0.1) is 0 Å². The Hall–Kier alpha value is -1.34. The van der Waals surface area contributed by atoms with E-state index in [0.29, 0.717) is 29.2 Å². The summed E-state index contributed by atoms with van der Waals surface area (Å²) in [5.74, 6) is 0.325. The Morgan fingerprint density at radius 2 is 2.25 bits per heavy atom. The van der Waals surface area contributed by atoms with Crippen molar-refractivity contribution in [2.45, 2.75) is 18.9 Å². The fourth-order valence-electron chi connectivity index (χ4n) is 2.15. The number of rotatable bonds is 3. The molecule has 1 aromatic heterocycles. The van der Waals surface area contributed by atoms with E-state index in [-0.39, 0.29) is 23.5 Å². The van der Waals surface area contributed by atoms with Gasteiger partial charge in [-0.05, 0) is 18.9 Å². The Kier molecular flexibility index (Phi) is 4.49. The van der Waals surface area contributed by atoms with E-state index >= 15 is 0 Å². The molecule has 2 rings (SSSR count). The molecule has 1 atom stereocenters. The Morgan fingerprint density at radius 1 is 1.50 bits per heavy atom. The molecule has 1 saturated heterocycles. The molecule has 110 valence electrons. The second-order valence-corrected chi connectivity index (χ2v) is 7.37. The predicted molar refractivity (Wildman–Crippen MR) is 77.9 cm³/mol. The van der Waals surface area contributed by atoms with Crippen molar-refractivity contribution in [2.24, 2.45) is 0 Å². The third-order valence-electron chi connectivity index (χ3n) is 3.14. The highest BCUT2D eigenvalue weighted by Crippen LogP contribution is 2.20. The first-order valence-corrected chi connectivity index (χ1v) is 8.46. The molecule has 1 fully saturated rings. The lowest BCUT2D eigenvalue weighted by atomic mass is 10.1. The number of sulfone groups is 1. The van der Waals surface area contributed by atoms with Crippen LogP contribution in [0.5, 0.6) is 0 Å². The Balaban J connectivity index is 2.06. The second kappa shape index (κ2) is 5.97. The van der Waals surface area contributed by atoms with Crippen molar-refractivity contribution in [1.29, 1.82) is 0 Å². The van der Waals surface area contributed by atoms with Crippen LogP contribution in [0.15, 0.2) is 12.3 Å². The van der Waals surface area contributed by atoms with Crippen molar-refractivity contribution >= 4 is 33.2 Å². The molecule has 1 aromatic rings. The average Bonchev–Trinajstić information content (AvgIpc) is 2.37. The number of hydrogen-bond acceptors (Lipinski definition) is 5. The number of halogens is 1. The van der Waals surface area contributed by atoms with Crippen LogP contribution in [0.3, 0.4) is 0 Å². The smallest absolute Gasteiger partial charge is 0.253 e. The second-order valence-electron chi connectivity index (χ2n) is 4.73. The van der Waals surface area contributed by atoms with Crippen molar-refractivity contribution in [3.63, 3.8) is 0 Å². The summed E-state index contributed by atoms with van der Waals surface area (Å²) in [4.78, 5) is 16.1. The molecule has 2 N–H and O–H groups in total. The van der Waals surface area contributed by atoms with Crippen LogP contribution in [0.4, 0.5) is 5.82 Å². The predicted octanol–water partition coefficient (Wildman–Crippen LogP) is 1.08. The maximum absolute atomic E-state index is 12.1. The highest BCUT2D eigenvalue weighted by molar-refractivity contribution is 7.91. The number of nitrogens with one attached hydrogen (secondary N) is 2. The lowest BCUT2D eigenvalue weighted by Gasteiger charge is -2.23. The van der Waals surface area contributed by atoms with Crippen LogP contribution in [0, 0.1) is 0 Å². The van der Waals surface area contributed by atoms with Crippen molar-refractivity contribution in [3.05, 3.63) is 22.8 Å². The molecule has 0 aromatic carbocycles. The van der Waals surface area contributed by atoms with Gasteiger partial charge < -0.3 is 10.6 Å². The molecule has 8 heteroatoms. The van der Waals surface area contributed by atoms with Gasteiger partial charge in [-0.2, -0.15) is 0 Å². The topological polar surface area (TPSA) is 88.2 Å². The summed E-state index contributed by atoms with van der Waals surface area (Å²) in [5, 5.41) is 5.86. The highest BCUT2D eigenvalue weighted by Gasteiger charge is 2.26. The normalized spacial score (nSPS) is 21.2. The summed E-state index contributed by atoms with van der Waals surface area (Å²) in [5.41, 5.74) is 0.317. The van der Waals surface area contributed by atoms with E-state index < -0.39 is 9.84 Å². The average molecular weight is 318 g/mol. The van der Waals surface area contributed by atoms with Crippen molar-refractivity contribution in [3.8, 4) is 0 Å². The molecule has 1 amide bonds. The Bertz CT molecular complexity index is 618. The number of nitrogens with zero attached hydrogens (tertiary/aromatic N) is 1. The van der Waals surface area contributed by atoms with Gasteiger partial charge in [-0.25, -0.2) is 13.4 Å². The van der Waals surface area contributed by atoms with Gasteiger partial charge in [0.05, 0.1) is 22.1 Å². The van der Waals surface area contributed by atoms with Crippen molar-refractivity contribution < 1.29 is 13.2 Å². The quantitative estimate of drug-likeness (QED) is 0.871. The standard InChI is InChI=1S/C12H16ClN3O3S/c1-14-11-10(13)5-8(6-15-11)12(17)16-9-3-2-4-20(18,19)7-9/h5-6,9H,2-4,7H2,1H3,(H,14,15)(H,16,17). The maximum atomic E-state index is 12.1. The van der Waals surface area contributed by atoms with Gasteiger partial charge in [-0.1, -0.05) is 11.6 Å². The fourth-order valence-corrected chi connectivity index (χ4v) is 4.05. The molecular weight excluding hydrogens is 302 g/mol. The van der Waals surface area contributed by atoms with E-state index in [4.69, 9.17) is 11.6 Å². The van der Waals surface area contributed by atoms with E-state index in [1.165, 1.54) is 12.3 Å². The van der Waals surface area contributed by atoms with Gasteiger partial charge in [0.1, 0.15) is 5.82 Å². The molecule has 0 saturated carbocycles. The molecular formula is C12H16ClN3O3S. The minimum Gasteiger partial charge on any atom is -0.372 e. The first-order valence-electron chi connectivity index (χ1n) is 6.26. The van der Waals surface area contributed by atoms with Crippen LogP contribution in [0.2, 0.25) is 5.02 Å². The van der Waals surface area contributed by atoms with Gasteiger partial charge in [0, 0.05) is 19.3 Å². The van der Waals surface area contributed by atoms with E-state index in [0.717, 1.165) is 0 Å². The number of carbonyl (C=O) groups excluding carboxylic acids is 1. The van der Waals surface area contributed by atoms with Gasteiger partial charge in [0.25, 0.3) is 5.91 Å². The van der Waals surface area contributed by atoms with Crippen LogP contribution in [0.25, 0.3) is 0 Å². The summed E-state index contributed by atoms with van der Waals surface area (Å²) in [7, 11) is -1.36. The monoisotopic (exact) mass is 317 g/mol. The lowest BCUT2D eigenvalue weighted by molar-refractivity contribution is 0.0938. The third-order valence-corrected chi connectivity index (χ3v) is 5.25. The van der Waals surface area contributed by atoms with Crippen LogP contribution in [-0.4, -0.2) is 43.9 Å². The minimum atomic E-state index is -3.04. The molecule has 6 nitrogen and oxygen atoms in total. The summed E-state index contributed by atoms with van der Waals surface area (Å²) in [6.45, 7) is 0. The minimum absolute atomic E-state index is 0.00546. The summed E-state index contributed by atoms with van der Waals surface area (Å²) < 4.78 is 23.0. The summed E-state index contributed by atoms with van der Waals surface area (Å²) >= 11 is 5.96. The van der Waals surface area contributed by atoms with Crippen molar-refractivity contribution in [2.75, 3.05) is 23.9 Å². The van der Waals surface area contributed by atoms with Crippen LogP contribution in [0.1, 0.15) is 23.2 Å². The zero-order chi connectivity index (χ0) is 14.8. The molecule has 20 heavy (non-hydrogen) atoms. The molecule has 1 aliphatic heterocycles. The van der Waals surface area contributed by atoms with Crippen LogP contribution >= 0.6 is 11.6 Å². The SMILES string of the molecule is CNc1ncc(C(=O)NC2CCCS(=O)(=O)C2)cc1Cl. The molecule has 1 aliphatic rings. The van der Waals surface area contributed by atoms with Crippen LogP contribution in [-0.2, 0) is 9.84 Å². The first-order chi connectivity index (χ1) is 9.41. The number of hydrogen-bond donors (Lipinski definition) is 2. The number of pyridine rings is 1. The van der Waals surface area contributed by atoms with E-state index in [1.807, 2.05) is 0 Å². The third kappa shape index (κ3) is 3.61. The molecule has 0 aliphatic carbocycles. The fraction of sp³-hybridized carbons (Fsp3) is 0.500. The zero-order valence-corrected chi connectivity index (χ0v) is 12.6. The summed E-state index contributed by atoms with van der Waals surface area (Å²) in [6.07, 6.45) is 2.65. The zero-order valence-electron chi connectivity index (χ0n) is 11.0. The maximum Gasteiger partial charge on any atom is 0.253 e. The molecule has 0 bridgehead atoms. The van der Waals surface area contributed by atoms with Gasteiger partial charge in [0.2, 0.25) is 0 Å². The molecule has 2 heterocycles. The number of aromatic nitrogens is 1. The van der Waals surface area contributed by atoms with Crippen molar-refractivity contribution in [1.82, 2.24) is 10.3 Å². The van der Waals surface area contributed by atoms with Gasteiger partial charge in [-0.3, -0.25) is 4.79 Å². The number of anilines is 1. The van der Waals surface area contributed by atoms with Gasteiger partial charge in [0.15, 0.2) is 9.84 Å². The molecule has 1 unspecified atom stereocenters. The van der Waals surface area contributed by atoms with E-state index in [9.17, 15) is 13.2 Å². The van der Waals surface area contributed by atoms with E-state index in [1.54, 1.807) is 7.05 Å².